The number of carbonyl (C=O) groups excluding carboxylic acids is 1. The molecule has 1 aromatic carbocycles. The van der Waals surface area contributed by atoms with Crippen LogP contribution in [-0.2, 0) is 14.8 Å². The number of hydrogen-bond acceptors (Lipinski definition) is 3. The molecule has 0 aliphatic heterocycles. The summed E-state index contributed by atoms with van der Waals surface area (Å²) in [7, 11) is -3.78. The van der Waals surface area contributed by atoms with E-state index in [0.29, 0.717) is 23.9 Å². The third kappa shape index (κ3) is 3.43. The number of sulfonamides is 1. The van der Waals surface area contributed by atoms with E-state index in [-0.39, 0.29) is 10.8 Å². The lowest BCUT2D eigenvalue weighted by Crippen LogP contribution is -2.21. The van der Waals surface area contributed by atoms with Gasteiger partial charge in [0.25, 0.3) is 0 Å². The summed E-state index contributed by atoms with van der Waals surface area (Å²) < 4.78 is 23.1. The highest BCUT2D eigenvalue weighted by Crippen LogP contribution is 2.49. The first-order valence-electron chi connectivity index (χ1n) is 8.18. The fourth-order valence-corrected chi connectivity index (χ4v) is 4.81. The van der Waals surface area contributed by atoms with Gasteiger partial charge in [0.2, 0.25) is 15.9 Å². The first-order valence-corrected chi connectivity index (χ1v) is 9.72. The molecule has 0 heterocycles. The van der Waals surface area contributed by atoms with Crippen LogP contribution in [0.5, 0.6) is 0 Å². The average Bonchev–Trinajstić information content (AvgIpc) is 3.04. The molecule has 3 unspecified atom stereocenters. The zero-order chi connectivity index (χ0) is 16.8. The summed E-state index contributed by atoms with van der Waals surface area (Å²) in [6, 6.07) is 2.99. The lowest BCUT2D eigenvalue weighted by atomic mass is 9.86. The molecule has 0 aromatic heterocycles. The standard InChI is InChI=1S/C17H24N2O3S/c1-10-5-15(23(18,21)22)9-16(11(10)2)19-17(20)8-14-7-12-3-4-13(14)6-12/h5,9,12-14H,3-4,6-8H2,1-2H3,(H,19,20)(H2,18,21,22). The van der Waals surface area contributed by atoms with Crippen LogP contribution in [0.15, 0.2) is 17.0 Å². The van der Waals surface area contributed by atoms with Crippen LogP contribution in [0.3, 0.4) is 0 Å². The Morgan fingerprint density at radius 3 is 2.57 bits per heavy atom. The Balaban J connectivity index is 1.74. The van der Waals surface area contributed by atoms with Gasteiger partial charge in [0.1, 0.15) is 0 Å². The van der Waals surface area contributed by atoms with Crippen molar-refractivity contribution in [3.63, 3.8) is 0 Å². The summed E-state index contributed by atoms with van der Waals surface area (Å²) in [5, 5.41) is 8.10. The van der Waals surface area contributed by atoms with E-state index in [9.17, 15) is 13.2 Å². The van der Waals surface area contributed by atoms with Gasteiger partial charge in [0.05, 0.1) is 4.90 Å². The van der Waals surface area contributed by atoms with Crippen LogP contribution >= 0.6 is 0 Å². The Bertz CT molecular complexity index is 742. The van der Waals surface area contributed by atoms with Gasteiger partial charge in [-0.25, -0.2) is 13.6 Å². The van der Waals surface area contributed by atoms with Gasteiger partial charge in [-0.15, -0.1) is 0 Å². The van der Waals surface area contributed by atoms with Crippen molar-refractivity contribution in [3.05, 3.63) is 23.3 Å². The molecular weight excluding hydrogens is 312 g/mol. The predicted octanol–water partition coefficient (Wildman–Crippen LogP) is 2.72. The maximum atomic E-state index is 12.4. The van der Waals surface area contributed by atoms with E-state index in [1.807, 2.05) is 13.8 Å². The molecule has 3 N–H and O–H groups in total. The van der Waals surface area contributed by atoms with Crippen LogP contribution in [0, 0.1) is 31.6 Å². The number of nitrogens with two attached hydrogens (primary N) is 1. The highest BCUT2D eigenvalue weighted by atomic mass is 32.2. The molecule has 1 aromatic rings. The topological polar surface area (TPSA) is 89.3 Å². The number of nitrogens with one attached hydrogen (secondary N) is 1. The number of aryl methyl sites for hydroxylation is 1. The quantitative estimate of drug-likeness (QED) is 0.886. The summed E-state index contributed by atoms with van der Waals surface area (Å²) in [4.78, 5) is 12.4. The van der Waals surface area contributed by atoms with Crippen molar-refractivity contribution in [1.82, 2.24) is 0 Å². The molecule has 2 aliphatic carbocycles. The van der Waals surface area contributed by atoms with Crippen LogP contribution < -0.4 is 10.5 Å². The minimum absolute atomic E-state index is 0.0309. The normalized spacial score (nSPS) is 26.5. The molecule has 3 rings (SSSR count). The lowest BCUT2D eigenvalue weighted by Gasteiger charge is -2.21. The van der Waals surface area contributed by atoms with Gasteiger partial charge >= 0.3 is 0 Å². The zero-order valence-corrected chi connectivity index (χ0v) is 14.4. The molecule has 2 aliphatic rings. The van der Waals surface area contributed by atoms with Crippen molar-refractivity contribution in [2.24, 2.45) is 22.9 Å². The van der Waals surface area contributed by atoms with Gasteiger partial charge in [-0.1, -0.05) is 6.42 Å². The zero-order valence-electron chi connectivity index (χ0n) is 13.6. The highest BCUT2D eigenvalue weighted by Gasteiger charge is 2.40. The van der Waals surface area contributed by atoms with Gasteiger partial charge in [0, 0.05) is 12.1 Å². The number of hydrogen-bond donors (Lipinski definition) is 2. The number of benzene rings is 1. The van der Waals surface area contributed by atoms with Crippen molar-refractivity contribution >= 4 is 21.6 Å². The summed E-state index contributed by atoms with van der Waals surface area (Å²) in [6.07, 6.45) is 5.53. The van der Waals surface area contributed by atoms with Crippen LogP contribution in [0.1, 0.15) is 43.2 Å². The molecule has 5 nitrogen and oxygen atoms in total. The summed E-state index contributed by atoms with van der Waals surface area (Å²) >= 11 is 0. The number of anilines is 1. The fourth-order valence-electron chi connectivity index (χ4n) is 4.19. The number of rotatable bonds is 4. The van der Waals surface area contributed by atoms with Gasteiger partial charge in [0.15, 0.2) is 0 Å². The number of primary sulfonamides is 1. The molecule has 126 valence electrons. The lowest BCUT2D eigenvalue weighted by molar-refractivity contribution is -0.117. The van der Waals surface area contributed by atoms with Crippen molar-refractivity contribution in [2.75, 3.05) is 5.32 Å². The summed E-state index contributed by atoms with van der Waals surface area (Å²) in [5.74, 6) is 1.96. The molecule has 0 saturated heterocycles. The molecule has 0 radical (unpaired) electrons. The predicted molar refractivity (Wildman–Crippen MR) is 89.5 cm³/mol. The molecule has 2 bridgehead atoms. The molecule has 2 saturated carbocycles. The summed E-state index contributed by atoms with van der Waals surface area (Å²) in [5.41, 5.74) is 2.22. The molecule has 6 heteroatoms. The van der Waals surface area contributed by atoms with Crippen molar-refractivity contribution in [2.45, 2.75) is 50.8 Å². The van der Waals surface area contributed by atoms with Crippen LogP contribution in [0.25, 0.3) is 0 Å². The van der Waals surface area contributed by atoms with E-state index in [4.69, 9.17) is 5.14 Å². The van der Waals surface area contributed by atoms with Gasteiger partial charge in [-0.05, 0) is 74.1 Å². The number of amides is 1. The first-order chi connectivity index (χ1) is 10.7. The van der Waals surface area contributed by atoms with Crippen LogP contribution in [-0.4, -0.2) is 14.3 Å². The van der Waals surface area contributed by atoms with E-state index in [1.165, 1.54) is 31.4 Å². The second-order valence-corrected chi connectivity index (χ2v) is 8.71. The smallest absolute Gasteiger partial charge is 0.238 e. The minimum atomic E-state index is -3.78. The van der Waals surface area contributed by atoms with E-state index in [1.54, 1.807) is 0 Å². The van der Waals surface area contributed by atoms with E-state index in [2.05, 4.69) is 5.32 Å². The Hall–Kier alpha value is -1.40. The van der Waals surface area contributed by atoms with Gasteiger partial charge in [-0.3, -0.25) is 4.79 Å². The molecular formula is C17H24N2O3S. The SMILES string of the molecule is Cc1cc(S(N)(=O)=O)cc(NC(=O)CC2CC3CCC2C3)c1C. The molecule has 1 amide bonds. The Morgan fingerprint density at radius 2 is 2.00 bits per heavy atom. The van der Waals surface area contributed by atoms with Crippen molar-refractivity contribution < 1.29 is 13.2 Å². The highest BCUT2D eigenvalue weighted by molar-refractivity contribution is 7.89. The van der Waals surface area contributed by atoms with Gasteiger partial charge in [-0.2, -0.15) is 0 Å². The molecule has 23 heavy (non-hydrogen) atoms. The first kappa shape index (κ1) is 16.5. The second-order valence-electron chi connectivity index (χ2n) is 7.14. The third-order valence-corrected chi connectivity index (χ3v) is 6.47. The molecule has 3 atom stereocenters. The van der Waals surface area contributed by atoms with E-state index >= 15 is 0 Å². The maximum Gasteiger partial charge on any atom is 0.238 e. The average molecular weight is 336 g/mol. The van der Waals surface area contributed by atoms with Gasteiger partial charge < -0.3 is 5.32 Å². The minimum Gasteiger partial charge on any atom is -0.326 e. The number of carbonyl (C=O) groups is 1. The monoisotopic (exact) mass is 336 g/mol. The molecule has 2 fully saturated rings. The van der Waals surface area contributed by atoms with Crippen molar-refractivity contribution in [3.8, 4) is 0 Å². The Labute approximate surface area is 137 Å². The fraction of sp³-hybridized carbons (Fsp3) is 0.588. The maximum absolute atomic E-state index is 12.4. The largest absolute Gasteiger partial charge is 0.326 e. The second kappa shape index (κ2) is 5.91. The van der Waals surface area contributed by atoms with E-state index < -0.39 is 10.0 Å². The van der Waals surface area contributed by atoms with Crippen molar-refractivity contribution in [1.29, 1.82) is 0 Å². The van der Waals surface area contributed by atoms with E-state index in [0.717, 1.165) is 23.5 Å². The van der Waals surface area contributed by atoms with Crippen LogP contribution in [0.4, 0.5) is 5.69 Å². The Kier molecular flexibility index (Phi) is 4.23. The third-order valence-electron chi connectivity index (χ3n) is 5.58. The Morgan fingerprint density at radius 1 is 1.26 bits per heavy atom. The molecule has 0 spiro atoms. The van der Waals surface area contributed by atoms with Crippen LogP contribution in [0.2, 0.25) is 0 Å². The number of fused-ring (bicyclic) bond motifs is 2. The summed E-state index contributed by atoms with van der Waals surface area (Å²) in [6.45, 7) is 3.69.